The molecular formula is C11H11BrN2O2S. The zero-order valence-electron chi connectivity index (χ0n) is 9.03. The molecule has 1 saturated heterocycles. The van der Waals surface area contributed by atoms with Crippen LogP contribution in [-0.2, 0) is 4.74 Å². The fourth-order valence-corrected chi connectivity index (χ4v) is 2.98. The van der Waals surface area contributed by atoms with E-state index in [1.165, 1.54) is 11.3 Å². The fourth-order valence-electron chi connectivity index (χ4n) is 1.70. The molecule has 1 fully saturated rings. The van der Waals surface area contributed by atoms with E-state index in [0.717, 1.165) is 3.79 Å². The summed E-state index contributed by atoms with van der Waals surface area (Å²) in [5.41, 5.74) is -0.772. The van der Waals surface area contributed by atoms with Crippen LogP contribution in [0.5, 0.6) is 0 Å². The zero-order chi connectivity index (χ0) is 12.3. The van der Waals surface area contributed by atoms with Crippen molar-refractivity contribution in [2.24, 2.45) is 0 Å². The Morgan fingerprint density at radius 1 is 1.53 bits per heavy atom. The first-order chi connectivity index (χ1) is 8.15. The normalized spacial score (nSPS) is 18.4. The summed E-state index contributed by atoms with van der Waals surface area (Å²) in [6.07, 6.45) is 1.09. The summed E-state index contributed by atoms with van der Waals surface area (Å²) in [7, 11) is 0. The Hall–Kier alpha value is -0.900. The Bertz CT molecular complexity index is 460. The molecule has 1 aliphatic heterocycles. The molecule has 0 spiro atoms. The van der Waals surface area contributed by atoms with Crippen molar-refractivity contribution in [2.45, 2.75) is 18.4 Å². The van der Waals surface area contributed by atoms with Gasteiger partial charge in [0.1, 0.15) is 5.54 Å². The molecule has 6 heteroatoms. The molecule has 2 heterocycles. The standard InChI is InChI=1S/C11H11BrN2O2S/c12-9-2-1-8(17-9)10(15)14-11(7-13)3-5-16-6-4-11/h1-2H,3-6H2,(H,14,15). The van der Waals surface area contributed by atoms with Crippen molar-refractivity contribution in [2.75, 3.05) is 13.2 Å². The van der Waals surface area contributed by atoms with Gasteiger partial charge in [-0.05, 0) is 28.1 Å². The first kappa shape index (κ1) is 12.6. The van der Waals surface area contributed by atoms with Gasteiger partial charge in [-0.2, -0.15) is 5.26 Å². The first-order valence-electron chi connectivity index (χ1n) is 5.22. The topological polar surface area (TPSA) is 62.1 Å². The van der Waals surface area contributed by atoms with Crippen molar-refractivity contribution in [1.82, 2.24) is 5.32 Å². The van der Waals surface area contributed by atoms with Gasteiger partial charge >= 0.3 is 0 Å². The molecule has 17 heavy (non-hydrogen) atoms. The SMILES string of the molecule is N#CC1(NC(=O)c2ccc(Br)s2)CCOCC1. The third-order valence-electron chi connectivity index (χ3n) is 2.71. The van der Waals surface area contributed by atoms with Gasteiger partial charge in [-0.3, -0.25) is 4.79 Å². The van der Waals surface area contributed by atoms with Crippen LogP contribution >= 0.6 is 27.3 Å². The number of hydrogen-bond donors (Lipinski definition) is 1. The molecule has 4 nitrogen and oxygen atoms in total. The van der Waals surface area contributed by atoms with Crippen molar-refractivity contribution >= 4 is 33.2 Å². The molecule has 1 aliphatic rings. The third kappa shape index (κ3) is 2.86. The van der Waals surface area contributed by atoms with Gasteiger partial charge in [0.15, 0.2) is 0 Å². The van der Waals surface area contributed by atoms with E-state index in [1.54, 1.807) is 6.07 Å². The average Bonchev–Trinajstić information content (AvgIpc) is 2.77. The summed E-state index contributed by atoms with van der Waals surface area (Å²) < 4.78 is 6.11. The van der Waals surface area contributed by atoms with Crippen LogP contribution < -0.4 is 5.32 Å². The fraction of sp³-hybridized carbons (Fsp3) is 0.455. The summed E-state index contributed by atoms with van der Waals surface area (Å²) in [5.74, 6) is -0.191. The van der Waals surface area contributed by atoms with Crippen molar-refractivity contribution in [1.29, 1.82) is 5.26 Å². The summed E-state index contributed by atoms with van der Waals surface area (Å²) in [6.45, 7) is 1.03. The molecule has 1 aromatic heterocycles. The van der Waals surface area contributed by atoms with Gasteiger partial charge in [0.25, 0.3) is 5.91 Å². The number of hydrogen-bond acceptors (Lipinski definition) is 4. The van der Waals surface area contributed by atoms with Crippen molar-refractivity contribution in [3.63, 3.8) is 0 Å². The molecule has 0 saturated carbocycles. The van der Waals surface area contributed by atoms with Crippen LogP contribution in [0.25, 0.3) is 0 Å². The molecule has 0 radical (unpaired) electrons. The number of carbonyl (C=O) groups is 1. The molecule has 0 bridgehead atoms. The second-order valence-corrected chi connectivity index (χ2v) is 6.33. The minimum Gasteiger partial charge on any atom is -0.381 e. The van der Waals surface area contributed by atoms with Crippen LogP contribution in [0, 0.1) is 11.3 Å². The molecule has 90 valence electrons. The van der Waals surface area contributed by atoms with Crippen molar-refractivity contribution in [3.05, 3.63) is 20.8 Å². The maximum Gasteiger partial charge on any atom is 0.262 e. The third-order valence-corrected chi connectivity index (χ3v) is 4.33. The number of rotatable bonds is 2. The zero-order valence-corrected chi connectivity index (χ0v) is 11.4. The second-order valence-electron chi connectivity index (χ2n) is 3.86. The number of halogens is 1. The number of nitriles is 1. The van der Waals surface area contributed by atoms with Crippen molar-refractivity contribution in [3.8, 4) is 6.07 Å². The van der Waals surface area contributed by atoms with E-state index in [4.69, 9.17) is 4.74 Å². The van der Waals surface area contributed by atoms with Gasteiger partial charge in [-0.15, -0.1) is 11.3 Å². The Labute approximate surface area is 112 Å². The predicted molar refractivity (Wildman–Crippen MR) is 67.9 cm³/mol. The Morgan fingerprint density at radius 3 is 2.76 bits per heavy atom. The Kier molecular flexibility index (Phi) is 3.82. The summed E-state index contributed by atoms with van der Waals surface area (Å²) in [5, 5.41) is 12.0. The number of nitrogens with one attached hydrogen (secondary N) is 1. The van der Waals surface area contributed by atoms with Crippen molar-refractivity contribution < 1.29 is 9.53 Å². The lowest BCUT2D eigenvalue weighted by Gasteiger charge is -2.31. The van der Waals surface area contributed by atoms with E-state index in [9.17, 15) is 10.1 Å². The highest BCUT2D eigenvalue weighted by Crippen LogP contribution is 2.24. The Balaban J connectivity index is 2.09. The smallest absolute Gasteiger partial charge is 0.262 e. The van der Waals surface area contributed by atoms with Gasteiger partial charge in [-0.1, -0.05) is 0 Å². The van der Waals surface area contributed by atoms with E-state index in [-0.39, 0.29) is 5.91 Å². The lowest BCUT2D eigenvalue weighted by molar-refractivity contribution is 0.0533. The number of thiophene rings is 1. The van der Waals surface area contributed by atoms with E-state index < -0.39 is 5.54 Å². The summed E-state index contributed by atoms with van der Waals surface area (Å²) >= 11 is 4.67. The molecule has 1 aromatic rings. The maximum absolute atomic E-state index is 12.0. The lowest BCUT2D eigenvalue weighted by Crippen LogP contribution is -2.50. The monoisotopic (exact) mass is 314 g/mol. The van der Waals surface area contributed by atoms with Gasteiger partial charge in [0.2, 0.25) is 0 Å². The number of ether oxygens (including phenoxy) is 1. The molecule has 0 unspecified atom stereocenters. The van der Waals surface area contributed by atoms with Gasteiger partial charge in [0.05, 0.1) is 14.7 Å². The highest BCUT2D eigenvalue weighted by atomic mass is 79.9. The van der Waals surface area contributed by atoms with Crippen LogP contribution in [0.1, 0.15) is 22.5 Å². The molecule has 1 amide bonds. The number of nitrogens with zero attached hydrogens (tertiary/aromatic N) is 1. The van der Waals surface area contributed by atoms with Crippen LogP contribution in [0.3, 0.4) is 0 Å². The van der Waals surface area contributed by atoms with E-state index in [2.05, 4.69) is 27.3 Å². The molecule has 0 aliphatic carbocycles. The van der Waals surface area contributed by atoms with Gasteiger partial charge < -0.3 is 10.1 Å². The van der Waals surface area contributed by atoms with E-state index >= 15 is 0 Å². The largest absolute Gasteiger partial charge is 0.381 e. The summed E-state index contributed by atoms with van der Waals surface area (Å²) in [4.78, 5) is 12.6. The lowest BCUT2D eigenvalue weighted by atomic mass is 9.92. The number of amides is 1. The summed E-state index contributed by atoms with van der Waals surface area (Å²) in [6, 6.07) is 5.77. The predicted octanol–water partition coefficient (Wildman–Crippen LogP) is 2.31. The van der Waals surface area contributed by atoms with Crippen LogP contribution in [0.15, 0.2) is 15.9 Å². The van der Waals surface area contributed by atoms with Gasteiger partial charge in [-0.25, -0.2) is 0 Å². The highest BCUT2D eigenvalue weighted by molar-refractivity contribution is 9.11. The molecule has 0 aromatic carbocycles. The van der Waals surface area contributed by atoms with E-state index in [1.807, 2.05) is 6.07 Å². The minimum absolute atomic E-state index is 0.191. The minimum atomic E-state index is -0.772. The maximum atomic E-state index is 12.0. The average molecular weight is 315 g/mol. The first-order valence-corrected chi connectivity index (χ1v) is 6.83. The molecule has 2 rings (SSSR count). The van der Waals surface area contributed by atoms with Gasteiger partial charge in [0, 0.05) is 26.1 Å². The van der Waals surface area contributed by atoms with Crippen LogP contribution in [-0.4, -0.2) is 24.7 Å². The van der Waals surface area contributed by atoms with E-state index in [0.29, 0.717) is 30.9 Å². The van der Waals surface area contributed by atoms with Crippen LogP contribution in [0.4, 0.5) is 0 Å². The molecule has 0 atom stereocenters. The molecule has 1 N–H and O–H groups in total. The second kappa shape index (κ2) is 5.17. The van der Waals surface area contributed by atoms with Crippen LogP contribution in [0.2, 0.25) is 0 Å². The Morgan fingerprint density at radius 2 is 2.24 bits per heavy atom. The quantitative estimate of drug-likeness (QED) is 0.911. The number of carbonyl (C=O) groups excluding carboxylic acids is 1. The molecular weight excluding hydrogens is 304 g/mol. The highest BCUT2D eigenvalue weighted by Gasteiger charge is 2.34.